The number of pyridine rings is 1. The lowest BCUT2D eigenvalue weighted by Crippen LogP contribution is -2.13. The minimum absolute atomic E-state index is 0.0337. The van der Waals surface area contributed by atoms with Crippen LogP contribution in [-0.4, -0.2) is 27.1 Å². The van der Waals surface area contributed by atoms with E-state index in [0.29, 0.717) is 17.4 Å². The van der Waals surface area contributed by atoms with Crippen molar-refractivity contribution in [3.63, 3.8) is 0 Å². The van der Waals surface area contributed by atoms with Gasteiger partial charge in [-0.25, -0.2) is 4.98 Å². The van der Waals surface area contributed by atoms with Gasteiger partial charge in [0.15, 0.2) is 5.82 Å². The Bertz CT molecular complexity index is 682. The molecular weight excluding hydrogens is 278 g/mol. The third-order valence-corrected chi connectivity index (χ3v) is 3.58. The Morgan fingerprint density at radius 3 is 2.68 bits per heavy atom. The molecule has 0 unspecified atom stereocenters. The lowest BCUT2D eigenvalue weighted by Gasteiger charge is -2.14. The molecule has 116 valence electrons. The summed E-state index contributed by atoms with van der Waals surface area (Å²) in [4.78, 5) is 16.5. The van der Waals surface area contributed by atoms with Crippen LogP contribution in [0.1, 0.15) is 49.7 Å². The van der Waals surface area contributed by atoms with E-state index in [1.807, 2.05) is 6.07 Å². The quantitative estimate of drug-likeness (QED) is 0.810. The zero-order chi connectivity index (χ0) is 15.7. The highest BCUT2D eigenvalue weighted by Crippen LogP contribution is 2.24. The molecule has 0 atom stereocenters. The molecule has 1 amide bonds. The number of hydrogen-bond acceptors (Lipinski definition) is 4. The van der Waals surface area contributed by atoms with Gasteiger partial charge in [-0.2, -0.15) is 5.10 Å². The second kappa shape index (κ2) is 5.44. The highest BCUT2D eigenvalue weighted by atomic mass is 16.1. The summed E-state index contributed by atoms with van der Waals surface area (Å²) in [6.07, 6.45) is 3.98. The topological polar surface area (TPSA) is 82.7 Å². The first-order valence-electron chi connectivity index (χ1n) is 7.52. The van der Waals surface area contributed by atoms with Crippen LogP contribution in [0.2, 0.25) is 0 Å². The molecule has 1 fully saturated rings. The lowest BCUT2D eigenvalue weighted by atomic mass is 9.92. The molecule has 3 rings (SSSR count). The number of aromatic amines is 1. The van der Waals surface area contributed by atoms with Crippen LogP contribution in [0, 0.1) is 0 Å². The normalized spacial score (nSPS) is 14.7. The van der Waals surface area contributed by atoms with Gasteiger partial charge >= 0.3 is 0 Å². The van der Waals surface area contributed by atoms with E-state index in [-0.39, 0.29) is 11.3 Å². The van der Waals surface area contributed by atoms with Crippen LogP contribution in [0.3, 0.4) is 0 Å². The van der Waals surface area contributed by atoms with Gasteiger partial charge in [-0.15, -0.1) is 0 Å². The first kappa shape index (κ1) is 14.6. The van der Waals surface area contributed by atoms with Crippen LogP contribution in [-0.2, 0) is 5.41 Å². The number of carbonyl (C=O) groups excluding carboxylic acids is 1. The van der Waals surface area contributed by atoms with Crippen molar-refractivity contribution in [3.8, 4) is 0 Å². The molecule has 1 saturated carbocycles. The molecule has 1 aliphatic carbocycles. The molecule has 2 aromatic heterocycles. The van der Waals surface area contributed by atoms with Gasteiger partial charge < -0.3 is 10.6 Å². The molecule has 0 radical (unpaired) electrons. The van der Waals surface area contributed by atoms with Crippen molar-refractivity contribution in [2.24, 2.45) is 0 Å². The Labute approximate surface area is 129 Å². The number of hydrogen-bond donors (Lipinski definition) is 3. The number of rotatable bonds is 4. The Kier molecular flexibility index (Phi) is 3.60. The fourth-order valence-electron chi connectivity index (χ4n) is 2.05. The molecule has 0 saturated heterocycles. The van der Waals surface area contributed by atoms with Gasteiger partial charge in [-0.3, -0.25) is 9.89 Å². The molecule has 2 aromatic rings. The van der Waals surface area contributed by atoms with Crippen molar-refractivity contribution >= 4 is 17.5 Å². The van der Waals surface area contributed by atoms with Gasteiger partial charge in [0, 0.05) is 35.0 Å². The fraction of sp³-hybridized carbons (Fsp3) is 0.438. The van der Waals surface area contributed by atoms with Gasteiger partial charge in [0.05, 0.1) is 0 Å². The largest absolute Gasteiger partial charge is 0.367 e. The number of aromatic nitrogens is 3. The smallest absolute Gasteiger partial charge is 0.257 e. The average Bonchev–Trinajstić information content (AvgIpc) is 3.13. The second-order valence-electron chi connectivity index (χ2n) is 6.72. The standard InChI is InChI=1S/C16H21N5O/c1-16(2,3)12-9-14(21-20-12)19-15(22)10-6-7-17-13(8-10)18-11-4-5-11/h6-9,11H,4-5H2,1-3H3,(H,17,18)(H2,19,20,21,22). The number of nitrogens with one attached hydrogen (secondary N) is 3. The van der Waals surface area contributed by atoms with E-state index in [4.69, 9.17) is 0 Å². The summed E-state index contributed by atoms with van der Waals surface area (Å²) in [5.41, 5.74) is 1.51. The van der Waals surface area contributed by atoms with E-state index in [9.17, 15) is 4.79 Å². The number of amides is 1. The van der Waals surface area contributed by atoms with Crippen LogP contribution < -0.4 is 10.6 Å². The Morgan fingerprint density at radius 2 is 2.05 bits per heavy atom. The van der Waals surface area contributed by atoms with E-state index in [0.717, 1.165) is 11.5 Å². The zero-order valence-corrected chi connectivity index (χ0v) is 13.1. The summed E-state index contributed by atoms with van der Waals surface area (Å²) in [5.74, 6) is 1.09. The Morgan fingerprint density at radius 1 is 1.27 bits per heavy atom. The molecule has 3 N–H and O–H groups in total. The summed E-state index contributed by atoms with van der Waals surface area (Å²) in [5, 5.41) is 13.2. The summed E-state index contributed by atoms with van der Waals surface area (Å²) in [6.45, 7) is 6.26. The predicted octanol–water partition coefficient (Wildman–Crippen LogP) is 2.93. The maximum atomic E-state index is 12.3. The summed E-state index contributed by atoms with van der Waals surface area (Å²) in [7, 11) is 0. The van der Waals surface area contributed by atoms with Gasteiger partial charge in [-0.05, 0) is 25.0 Å². The molecular formula is C16H21N5O. The highest BCUT2D eigenvalue weighted by Gasteiger charge is 2.22. The van der Waals surface area contributed by atoms with Crippen molar-refractivity contribution in [3.05, 3.63) is 35.7 Å². The molecule has 0 aromatic carbocycles. The van der Waals surface area contributed by atoms with Crippen LogP contribution in [0.15, 0.2) is 24.4 Å². The summed E-state index contributed by atoms with van der Waals surface area (Å²) >= 11 is 0. The van der Waals surface area contributed by atoms with Crippen LogP contribution in [0.25, 0.3) is 0 Å². The van der Waals surface area contributed by atoms with Crippen molar-refractivity contribution in [2.75, 3.05) is 10.6 Å². The average molecular weight is 299 g/mol. The van der Waals surface area contributed by atoms with Crippen LogP contribution >= 0.6 is 0 Å². The Balaban J connectivity index is 1.69. The van der Waals surface area contributed by atoms with E-state index < -0.39 is 0 Å². The minimum atomic E-state index is -0.187. The second-order valence-corrected chi connectivity index (χ2v) is 6.72. The van der Waals surface area contributed by atoms with Crippen LogP contribution in [0.4, 0.5) is 11.6 Å². The first-order valence-corrected chi connectivity index (χ1v) is 7.52. The predicted molar refractivity (Wildman–Crippen MR) is 86.1 cm³/mol. The minimum Gasteiger partial charge on any atom is -0.367 e. The van der Waals surface area contributed by atoms with E-state index in [1.54, 1.807) is 18.3 Å². The van der Waals surface area contributed by atoms with Gasteiger partial charge in [-0.1, -0.05) is 20.8 Å². The van der Waals surface area contributed by atoms with Crippen molar-refractivity contribution in [1.29, 1.82) is 0 Å². The zero-order valence-electron chi connectivity index (χ0n) is 13.1. The molecule has 0 bridgehead atoms. The van der Waals surface area contributed by atoms with E-state index in [2.05, 4.69) is 46.6 Å². The Hall–Kier alpha value is -2.37. The molecule has 6 nitrogen and oxygen atoms in total. The maximum Gasteiger partial charge on any atom is 0.257 e. The number of carbonyl (C=O) groups is 1. The highest BCUT2D eigenvalue weighted by molar-refractivity contribution is 6.04. The summed E-state index contributed by atoms with van der Waals surface area (Å²) < 4.78 is 0. The molecule has 6 heteroatoms. The third kappa shape index (κ3) is 3.44. The van der Waals surface area contributed by atoms with Crippen molar-refractivity contribution in [1.82, 2.24) is 15.2 Å². The molecule has 1 aliphatic rings. The molecule has 0 aliphatic heterocycles. The first-order chi connectivity index (χ1) is 10.4. The monoisotopic (exact) mass is 299 g/mol. The van der Waals surface area contributed by atoms with Crippen molar-refractivity contribution in [2.45, 2.75) is 45.1 Å². The van der Waals surface area contributed by atoms with Gasteiger partial charge in [0.2, 0.25) is 0 Å². The number of H-pyrrole nitrogens is 1. The van der Waals surface area contributed by atoms with E-state index in [1.165, 1.54) is 12.8 Å². The number of anilines is 2. The fourth-order valence-corrected chi connectivity index (χ4v) is 2.05. The lowest BCUT2D eigenvalue weighted by molar-refractivity contribution is 0.102. The van der Waals surface area contributed by atoms with Gasteiger partial charge in [0.1, 0.15) is 5.82 Å². The SMILES string of the molecule is CC(C)(C)c1cc(NC(=O)c2ccnc(NC3CC3)c2)n[nH]1. The summed E-state index contributed by atoms with van der Waals surface area (Å²) in [6, 6.07) is 5.84. The molecule has 2 heterocycles. The third-order valence-electron chi connectivity index (χ3n) is 3.58. The van der Waals surface area contributed by atoms with Crippen LogP contribution in [0.5, 0.6) is 0 Å². The molecule has 0 spiro atoms. The van der Waals surface area contributed by atoms with E-state index >= 15 is 0 Å². The number of nitrogens with zero attached hydrogens (tertiary/aromatic N) is 2. The maximum absolute atomic E-state index is 12.3. The van der Waals surface area contributed by atoms with Gasteiger partial charge in [0.25, 0.3) is 5.91 Å². The van der Waals surface area contributed by atoms with Crippen molar-refractivity contribution < 1.29 is 4.79 Å². The molecule has 22 heavy (non-hydrogen) atoms.